The van der Waals surface area contributed by atoms with Crippen LogP contribution in [0.1, 0.15) is 11.3 Å². The van der Waals surface area contributed by atoms with Crippen molar-refractivity contribution in [2.45, 2.75) is 22.7 Å². The molecular formula is C19H16ClFN2O4S. The molecule has 2 unspecified atom stereocenters. The van der Waals surface area contributed by atoms with Crippen molar-refractivity contribution in [1.29, 1.82) is 0 Å². The number of methoxy groups -OCH3 is 1. The smallest absolute Gasteiger partial charge is 0.360 e. The number of rotatable bonds is 4. The van der Waals surface area contributed by atoms with Gasteiger partial charge in [-0.15, -0.1) is 0 Å². The number of fused-ring (bicyclic) bond motifs is 3. The Kier molecular flexibility index (Phi) is 4.43. The number of carbonyl (C=O) groups is 1. The fraction of sp³-hybridized carbons (Fsp3) is 0.263. The molecule has 2 aromatic heterocycles. The summed E-state index contributed by atoms with van der Waals surface area (Å²) in [5.41, 5.74) is 2.58. The van der Waals surface area contributed by atoms with Crippen molar-refractivity contribution in [3.63, 3.8) is 0 Å². The van der Waals surface area contributed by atoms with Gasteiger partial charge in [-0.2, -0.15) is 0 Å². The lowest BCUT2D eigenvalue weighted by Gasteiger charge is -2.28. The summed E-state index contributed by atoms with van der Waals surface area (Å²) in [6.45, 7) is 0. The second-order valence-corrected chi connectivity index (χ2v) is 9.13. The highest BCUT2D eigenvalue weighted by Crippen LogP contribution is 2.44. The number of ether oxygens (including phenoxy) is 1. The molecule has 28 heavy (non-hydrogen) atoms. The van der Waals surface area contributed by atoms with Crippen molar-refractivity contribution in [1.82, 2.24) is 9.97 Å². The standard InChI is InChI=1S/C19H16ClFN2O4S/c1-27-18(24)19(21,28(25,26)12-5-3-2-4-6-12)11-9-13-15(10-11)22-14-7-8-16(20)23-17(13)14/h2-8,11,22H,9-10H2,1H3. The number of hydrogen-bond donors (Lipinski definition) is 1. The van der Waals surface area contributed by atoms with E-state index in [1.165, 1.54) is 24.3 Å². The maximum atomic E-state index is 16.2. The zero-order chi connectivity index (χ0) is 20.1. The van der Waals surface area contributed by atoms with Crippen LogP contribution in [0.3, 0.4) is 0 Å². The topological polar surface area (TPSA) is 89.1 Å². The molecule has 1 aliphatic carbocycles. The number of alkyl halides is 1. The number of nitrogens with one attached hydrogen (secondary N) is 1. The molecule has 0 saturated carbocycles. The van der Waals surface area contributed by atoms with E-state index in [2.05, 4.69) is 14.7 Å². The molecule has 0 saturated heterocycles. The fourth-order valence-corrected chi connectivity index (χ4v) is 5.69. The van der Waals surface area contributed by atoms with Crippen molar-refractivity contribution in [3.05, 3.63) is 58.9 Å². The van der Waals surface area contributed by atoms with Crippen LogP contribution in [0.15, 0.2) is 47.4 Å². The number of sulfone groups is 1. The molecule has 0 bridgehead atoms. The molecule has 0 spiro atoms. The molecule has 1 aromatic carbocycles. The van der Waals surface area contributed by atoms with Gasteiger partial charge in [0, 0.05) is 11.6 Å². The quantitative estimate of drug-likeness (QED) is 0.515. The highest BCUT2D eigenvalue weighted by Gasteiger charge is 2.60. The number of halogens is 2. The van der Waals surface area contributed by atoms with E-state index in [1.54, 1.807) is 18.2 Å². The van der Waals surface area contributed by atoms with Gasteiger partial charge in [-0.05, 0) is 42.7 Å². The highest BCUT2D eigenvalue weighted by atomic mass is 35.5. The number of esters is 1. The lowest BCUT2D eigenvalue weighted by molar-refractivity contribution is -0.151. The molecule has 1 aliphatic rings. The molecule has 146 valence electrons. The predicted octanol–water partition coefficient (Wildman–Crippen LogP) is 3.24. The van der Waals surface area contributed by atoms with E-state index in [1.807, 2.05) is 0 Å². The number of nitrogens with zero attached hydrogens (tertiary/aromatic N) is 1. The summed E-state index contributed by atoms with van der Waals surface area (Å²) in [4.78, 5) is 19.5. The summed E-state index contributed by atoms with van der Waals surface area (Å²) in [5.74, 6) is -2.58. The molecule has 4 rings (SSSR count). The number of carbonyl (C=O) groups excluding carboxylic acids is 1. The molecule has 3 aromatic rings. The lowest BCUT2D eigenvalue weighted by atomic mass is 9.99. The Balaban J connectivity index is 1.81. The van der Waals surface area contributed by atoms with Gasteiger partial charge in [0.25, 0.3) is 0 Å². The van der Waals surface area contributed by atoms with Crippen LogP contribution in [-0.4, -0.2) is 36.5 Å². The van der Waals surface area contributed by atoms with Gasteiger partial charge in [-0.1, -0.05) is 29.8 Å². The van der Waals surface area contributed by atoms with Gasteiger partial charge < -0.3 is 9.72 Å². The van der Waals surface area contributed by atoms with Crippen LogP contribution >= 0.6 is 11.6 Å². The Labute approximate surface area is 165 Å². The van der Waals surface area contributed by atoms with Gasteiger partial charge in [0.1, 0.15) is 5.15 Å². The molecule has 0 fully saturated rings. The number of hydrogen-bond acceptors (Lipinski definition) is 5. The van der Waals surface area contributed by atoms with E-state index >= 15 is 4.39 Å². The Morgan fingerprint density at radius 1 is 1.25 bits per heavy atom. The number of pyridine rings is 1. The molecule has 6 nitrogen and oxygen atoms in total. The van der Waals surface area contributed by atoms with Crippen LogP contribution in [0, 0.1) is 5.92 Å². The summed E-state index contributed by atoms with van der Waals surface area (Å²) in [6.07, 6.45) is 0.0430. The minimum atomic E-state index is -4.65. The number of aromatic amines is 1. The third-order valence-corrected chi connectivity index (χ3v) is 7.52. The van der Waals surface area contributed by atoms with Crippen LogP contribution in [0.25, 0.3) is 11.0 Å². The average molecular weight is 423 g/mol. The van der Waals surface area contributed by atoms with Crippen LogP contribution in [0.5, 0.6) is 0 Å². The summed E-state index contributed by atoms with van der Waals surface area (Å²) < 4.78 is 46.9. The maximum Gasteiger partial charge on any atom is 0.360 e. The van der Waals surface area contributed by atoms with E-state index in [9.17, 15) is 13.2 Å². The maximum absolute atomic E-state index is 16.2. The zero-order valence-corrected chi connectivity index (χ0v) is 16.3. The summed E-state index contributed by atoms with van der Waals surface area (Å²) in [6, 6.07) is 10.5. The minimum Gasteiger partial charge on any atom is -0.466 e. The van der Waals surface area contributed by atoms with E-state index < -0.39 is 26.7 Å². The van der Waals surface area contributed by atoms with Crippen molar-refractivity contribution in [3.8, 4) is 0 Å². The normalized spacial score (nSPS) is 18.6. The summed E-state index contributed by atoms with van der Waals surface area (Å²) in [5, 5.41) is -2.96. The lowest BCUT2D eigenvalue weighted by Crippen LogP contribution is -2.50. The Bertz CT molecular complexity index is 1180. The van der Waals surface area contributed by atoms with Crippen molar-refractivity contribution < 1.29 is 22.3 Å². The molecule has 1 N–H and O–H groups in total. The molecular weight excluding hydrogens is 407 g/mol. The van der Waals surface area contributed by atoms with E-state index in [0.717, 1.165) is 12.6 Å². The van der Waals surface area contributed by atoms with Gasteiger partial charge in [0.2, 0.25) is 9.84 Å². The van der Waals surface area contributed by atoms with Crippen LogP contribution in [0.4, 0.5) is 4.39 Å². The van der Waals surface area contributed by atoms with Crippen LogP contribution < -0.4 is 0 Å². The Hall–Kier alpha value is -2.45. The molecule has 2 heterocycles. The first-order chi connectivity index (χ1) is 13.3. The van der Waals surface area contributed by atoms with Crippen LogP contribution in [-0.2, 0) is 32.2 Å². The molecule has 0 radical (unpaired) electrons. The van der Waals surface area contributed by atoms with Crippen molar-refractivity contribution in [2.24, 2.45) is 5.92 Å². The van der Waals surface area contributed by atoms with Crippen molar-refractivity contribution in [2.75, 3.05) is 7.11 Å². The average Bonchev–Trinajstić information content (AvgIpc) is 3.25. The molecule has 0 amide bonds. The Morgan fingerprint density at radius 2 is 1.96 bits per heavy atom. The number of H-pyrrole nitrogens is 1. The van der Waals surface area contributed by atoms with Gasteiger partial charge in [0.05, 0.1) is 23.0 Å². The molecule has 2 atom stereocenters. The highest BCUT2D eigenvalue weighted by molar-refractivity contribution is 7.93. The SMILES string of the molecule is COC(=O)C(F)(C1Cc2[nH]c3ccc(Cl)nc3c2C1)S(=O)(=O)c1ccccc1. The summed E-state index contributed by atoms with van der Waals surface area (Å²) in [7, 11) is -3.68. The second kappa shape index (κ2) is 6.56. The predicted molar refractivity (Wildman–Crippen MR) is 101 cm³/mol. The zero-order valence-electron chi connectivity index (χ0n) is 14.8. The number of aromatic nitrogens is 2. The molecule has 0 aliphatic heterocycles. The first kappa shape index (κ1) is 18.9. The third kappa shape index (κ3) is 2.62. The summed E-state index contributed by atoms with van der Waals surface area (Å²) >= 11 is 5.96. The van der Waals surface area contributed by atoms with Crippen LogP contribution in [0.2, 0.25) is 5.15 Å². The van der Waals surface area contributed by atoms with Gasteiger partial charge in [0.15, 0.2) is 0 Å². The minimum absolute atomic E-state index is 0.0142. The van der Waals surface area contributed by atoms with E-state index in [0.29, 0.717) is 16.8 Å². The van der Waals surface area contributed by atoms with E-state index in [4.69, 9.17) is 11.6 Å². The second-order valence-electron chi connectivity index (χ2n) is 6.67. The van der Waals surface area contributed by atoms with Gasteiger partial charge in [-0.25, -0.2) is 22.6 Å². The monoisotopic (exact) mass is 422 g/mol. The van der Waals surface area contributed by atoms with Gasteiger partial charge >= 0.3 is 11.0 Å². The third-order valence-electron chi connectivity index (χ3n) is 5.13. The van der Waals surface area contributed by atoms with Crippen molar-refractivity contribution >= 4 is 38.4 Å². The largest absolute Gasteiger partial charge is 0.466 e. The van der Waals surface area contributed by atoms with Gasteiger partial charge in [-0.3, -0.25) is 0 Å². The molecule has 9 heteroatoms. The number of benzene rings is 1. The Morgan fingerprint density at radius 3 is 2.64 bits per heavy atom. The fourth-order valence-electron chi connectivity index (χ4n) is 3.77. The first-order valence-corrected chi connectivity index (χ1v) is 10.4. The first-order valence-electron chi connectivity index (χ1n) is 8.52. The van der Waals surface area contributed by atoms with E-state index in [-0.39, 0.29) is 22.9 Å².